The molecule has 1 unspecified atom stereocenters. The molecule has 18 heavy (non-hydrogen) atoms. The van der Waals surface area contributed by atoms with Crippen molar-refractivity contribution in [1.82, 2.24) is 4.98 Å². The van der Waals surface area contributed by atoms with E-state index in [1.807, 2.05) is 18.2 Å². The molecular weight excluding hydrogens is 255 g/mol. The van der Waals surface area contributed by atoms with E-state index >= 15 is 0 Å². The zero-order chi connectivity index (χ0) is 13.0. The van der Waals surface area contributed by atoms with Crippen molar-refractivity contribution in [1.29, 1.82) is 0 Å². The summed E-state index contributed by atoms with van der Waals surface area (Å²) in [5.74, 6) is -0.0198. The molecule has 0 aliphatic heterocycles. The van der Waals surface area contributed by atoms with Crippen LogP contribution in [0.1, 0.15) is 11.8 Å². The van der Waals surface area contributed by atoms with Crippen LogP contribution >= 0.6 is 11.6 Å². The van der Waals surface area contributed by atoms with Crippen LogP contribution in [0.5, 0.6) is 5.75 Å². The van der Waals surface area contributed by atoms with E-state index in [2.05, 4.69) is 4.98 Å². The topological polar surface area (TPSA) is 48.1 Å². The summed E-state index contributed by atoms with van der Waals surface area (Å²) >= 11 is 5.89. The number of rotatable bonds is 4. The molecule has 0 aliphatic carbocycles. The minimum atomic E-state index is -0.408. The first-order chi connectivity index (χ1) is 8.70. The molecule has 5 heteroatoms. The van der Waals surface area contributed by atoms with Crippen molar-refractivity contribution in [2.24, 2.45) is 5.73 Å². The van der Waals surface area contributed by atoms with Crippen molar-refractivity contribution in [2.75, 3.05) is 6.54 Å². The molecular formula is C13H12ClFN2O. The minimum absolute atomic E-state index is 0.212. The van der Waals surface area contributed by atoms with Gasteiger partial charge in [-0.2, -0.15) is 0 Å². The Bertz CT molecular complexity index is 522. The highest BCUT2D eigenvalue weighted by Crippen LogP contribution is 2.28. The average molecular weight is 267 g/mol. The molecule has 0 aliphatic rings. The lowest BCUT2D eigenvalue weighted by Gasteiger charge is -2.17. The molecule has 0 fully saturated rings. The number of hydrogen-bond acceptors (Lipinski definition) is 3. The highest BCUT2D eigenvalue weighted by atomic mass is 35.5. The molecule has 1 aromatic carbocycles. The summed E-state index contributed by atoms with van der Waals surface area (Å²) in [6.07, 6.45) is 1.25. The molecule has 1 atom stereocenters. The SMILES string of the molecule is NCC(Oc1ccc(F)cc1Cl)c1ccccn1. The molecule has 0 amide bonds. The van der Waals surface area contributed by atoms with Gasteiger partial charge in [-0.25, -0.2) is 4.39 Å². The Morgan fingerprint density at radius 1 is 1.33 bits per heavy atom. The van der Waals surface area contributed by atoms with Gasteiger partial charge in [-0.1, -0.05) is 17.7 Å². The van der Waals surface area contributed by atoms with Crippen molar-refractivity contribution in [3.63, 3.8) is 0 Å². The number of nitrogens with two attached hydrogens (primary N) is 1. The van der Waals surface area contributed by atoms with E-state index in [1.165, 1.54) is 18.2 Å². The van der Waals surface area contributed by atoms with Crippen molar-refractivity contribution in [2.45, 2.75) is 6.10 Å². The summed E-state index contributed by atoms with van der Waals surface area (Å²) in [7, 11) is 0. The molecule has 0 saturated heterocycles. The third-order valence-corrected chi connectivity index (χ3v) is 2.69. The zero-order valence-electron chi connectivity index (χ0n) is 9.51. The Morgan fingerprint density at radius 2 is 2.17 bits per heavy atom. The zero-order valence-corrected chi connectivity index (χ0v) is 10.3. The fourth-order valence-corrected chi connectivity index (χ4v) is 1.73. The van der Waals surface area contributed by atoms with Crippen molar-refractivity contribution >= 4 is 11.6 Å². The fourth-order valence-electron chi connectivity index (χ4n) is 1.52. The predicted molar refractivity (Wildman–Crippen MR) is 68.1 cm³/mol. The van der Waals surface area contributed by atoms with Gasteiger partial charge in [0.1, 0.15) is 11.6 Å². The van der Waals surface area contributed by atoms with Crippen LogP contribution in [-0.2, 0) is 0 Å². The number of ether oxygens (including phenoxy) is 1. The maximum absolute atomic E-state index is 12.9. The second kappa shape index (κ2) is 5.80. The molecule has 0 radical (unpaired) electrons. The predicted octanol–water partition coefficient (Wildman–Crippen LogP) is 2.95. The summed E-state index contributed by atoms with van der Waals surface area (Å²) in [6.45, 7) is 0.255. The van der Waals surface area contributed by atoms with Crippen LogP contribution in [0.3, 0.4) is 0 Å². The van der Waals surface area contributed by atoms with Gasteiger partial charge in [0.2, 0.25) is 0 Å². The van der Waals surface area contributed by atoms with E-state index in [1.54, 1.807) is 6.20 Å². The van der Waals surface area contributed by atoms with Gasteiger partial charge in [0, 0.05) is 12.7 Å². The van der Waals surface area contributed by atoms with Crippen molar-refractivity contribution in [3.8, 4) is 5.75 Å². The molecule has 2 aromatic rings. The van der Waals surface area contributed by atoms with Gasteiger partial charge in [0.05, 0.1) is 10.7 Å². The monoisotopic (exact) mass is 266 g/mol. The standard InChI is InChI=1S/C13H12ClFN2O/c14-10-7-9(15)4-5-12(10)18-13(8-16)11-3-1-2-6-17-11/h1-7,13H,8,16H2. The molecule has 0 spiro atoms. The molecule has 2 N–H and O–H groups in total. The Balaban J connectivity index is 2.21. The van der Waals surface area contributed by atoms with Gasteiger partial charge in [-0.05, 0) is 30.3 Å². The van der Waals surface area contributed by atoms with Crippen LogP contribution in [0.2, 0.25) is 5.02 Å². The Kier molecular flexibility index (Phi) is 4.12. The molecule has 1 heterocycles. The highest BCUT2D eigenvalue weighted by Gasteiger charge is 2.14. The number of halogens is 2. The second-order valence-corrected chi connectivity index (χ2v) is 4.08. The van der Waals surface area contributed by atoms with E-state index in [0.29, 0.717) is 11.4 Å². The average Bonchev–Trinajstić information content (AvgIpc) is 2.39. The van der Waals surface area contributed by atoms with Crippen LogP contribution in [0.15, 0.2) is 42.6 Å². The van der Waals surface area contributed by atoms with Gasteiger partial charge in [-0.15, -0.1) is 0 Å². The first kappa shape index (κ1) is 12.8. The molecule has 0 saturated carbocycles. The first-order valence-corrected chi connectivity index (χ1v) is 5.81. The van der Waals surface area contributed by atoms with Crippen LogP contribution in [-0.4, -0.2) is 11.5 Å². The maximum atomic E-state index is 12.9. The molecule has 2 rings (SSSR count). The summed E-state index contributed by atoms with van der Waals surface area (Å²) < 4.78 is 18.6. The number of hydrogen-bond donors (Lipinski definition) is 1. The van der Waals surface area contributed by atoms with Crippen molar-refractivity contribution < 1.29 is 9.13 Å². The van der Waals surface area contributed by atoms with Crippen LogP contribution in [0.4, 0.5) is 4.39 Å². The van der Waals surface area contributed by atoms with Crippen LogP contribution in [0, 0.1) is 5.82 Å². The molecule has 94 valence electrons. The smallest absolute Gasteiger partial charge is 0.153 e. The Morgan fingerprint density at radius 3 is 2.78 bits per heavy atom. The summed E-state index contributed by atoms with van der Waals surface area (Å²) in [5.41, 5.74) is 6.36. The summed E-state index contributed by atoms with van der Waals surface area (Å²) in [4.78, 5) is 4.17. The second-order valence-electron chi connectivity index (χ2n) is 3.67. The van der Waals surface area contributed by atoms with Gasteiger partial charge < -0.3 is 10.5 Å². The van der Waals surface area contributed by atoms with Crippen molar-refractivity contribution in [3.05, 3.63) is 59.1 Å². The van der Waals surface area contributed by atoms with Crippen LogP contribution in [0.25, 0.3) is 0 Å². The van der Waals surface area contributed by atoms with Crippen LogP contribution < -0.4 is 10.5 Å². The van der Waals surface area contributed by atoms with E-state index in [0.717, 1.165) is 0 Å². The highest BCUT2D eigenvalue weighted by molar-refractivity contribution is 6.32. The van der Waals surface area contributed by atoms with E-state index in [4.69, 9.17) is 22.1 Å². The molecule has 1 aromatic heterocycles. The lowest BCUT2D eigenvalue weighted by molar-refractivity contribution is 0.209. The van der Waals surface area contributed by atoms with Gasteiger partial charge in [0.25, 0.3) is 0 Å². The summed E-state index contributed by atoms with van der Waals surface area (Å²) in [5, 5.41) is 0.212. The number of nitrogens with zero attached hydrogens (tertiary/aromatic N) is 1. The lowest BCUT2D eigenvalue weighted by Crippen LogP contribution is -2.19. The largest absolute Gasteiger partial charge is 0.481 e. The normalized spacial score (nSPS) is 12.2. The maximum Gasteiger partial charge on any atom is 0.153 e. The minimum Gasteiger partial charge on any atom is -0.481 e. The Labute approximate surface area is 109 Å². The quantitative estimate of drug-likeness (QED) is 0.926. The molecule has 3 nitrogen and oxygen atoms in total. The van der Waals surface area contributed by atoms with Gasteiger partial charge in [-0.3, -0.25) is 4.98 Å². The summed E-state index contributed by atoms with van der Waals surface area (Å²) in [6, 6.07) is 9.43. The van der Waals surface area contributed by atoms with E-state index in [-0.39, 0.29) is 11.6 Å². The third kappa shape index (κ3) is 2.97. The Hall–Kier alpha value is -1.65. The number of pyridine rings is 1. The first-order valence-electron chi connectivity index (χ1n) is 5.43. The van der Waals surface area contributed by atoms with Gasteiger partial charge in [0.15, 0.2) is 6.10 Å². The van der Waals surface area contributed by atoms with E-state index < -0.39 is 11.9 Å². The fraction of sp³-hybridized carbons (Fsp3) is 0.154. The van der Waals surface area contributed by atoms with Gasteiger partial charge >= 0.3 is 0 Å². The van der Waals surface area contributed by atoms with E-state index in [9.17, 15) is 4.39 Å². The number of benzene rings is 1. The number of aromatic nitrogens is 1. The molecule has 0 bridgehead atoms. The third-order valence-electron chi connectivity index (χ3n) is 2.39. The lowest BCUT2D eigenvalue weighted by atomic mass is 10.2.